The number of nitrogens with zero attached hydrogens (tertiary/aromatic N) is 1. The van der Waals surface area contributed by atoms with Crippen molar-refractivity contribution in [3.8, 4) is 5.75 Å². The summed E-state index contributed by atoms with van der Waals surface area (Å²) in [6.45, 7) is 0.676. The van der Waals surface area contributed by atoms with Crippen molar-refractivity contribution in [1.29, 1.82) is 0 Å². The van der Waals surface area contributed by atoms with Gasteiger partial charge in [-0.15, -0.1) is 12.4 Å². The zero-order chi connectivity index (χ0) is 15.5. The van der Waals surface area contributed by atoms with Crippen LogP contribution < -0.4 is 15.8 Å². The Balaban J connectivity index is 0.00000242. The summed E-state index contributed by atoms with van der Waals surface area (Å²) in [4.78, 5) is 11.9. The minimum atomic E-state index is -3.17. The van der Waals surface area contributed by atoms with Crippen LogP contribution in [0.2, 0.25) is 0 Å². The number of nitrogens with one attached hydrogen (secondary N) is 1. The summed E-state index contributed by atoms with van der Waals surface area (Å²) in [6.07, 6.45) is 0.711. The Bertz CT molecular complexity index is 636. The number of halogens is 1. The van der Waals surface area contributed by atoms with E-state index in [1.165, 1.54) is 11.4 Å². The molecule has 0 atom stereocenters. The van der Waals surface area contributed by atoms with Gasteiger partial charge in [-0.1, -0.05) is 0 Å². The smallest absolute Gasteiger partial charge is 0.225 e. The number of sulfonamides is 1. The van der Waals surface area contributed by atoms with E-state index >= 15 is 0 Å². The van der Waals surface area contributed by atoms with Crippen molar-refractivity contribution in [3.63, 3.8) is 0 Å². The van der Waals surface area contributed by atoms with Crippen LogP contribution in [-0.2, 0) is 14.8 Å². The highest BCUT2D eigenvalue weighted by Gasteiger charge is 2.28. The highest BCUT2D eigenvalue weighted by molar-refractivity contribution is 7.89. The van der Waals surface area contributed by atoms with Gasteiger partial charge < -0.3 is 15.8 Å². The summed E-state index contributed by atoms with van der Waals surface area (Å²) in [6, 6.07) is 4.96. The lowest BCUT2D eigenvalue weighted by Crippen LogP contribution is -2.29. The number of amides is 1. The lowest BCUT2D eigenvalue weighted by molar-refractivity contribution is -0.116. The topological polar surface area (TPSA) is 102 Å². The molecule has 1 fully saturated rings. The molecule has 7 nitrogen and oxygen atoms in total. The molecule has 22 heavy (non-hydrogen) atoms. The van der Waals surface area contributed by atoms with E-state index in [1.54, 1.807) is 18.2 Å². The molecule has 0 saturated carbocycles. The summed E-state index contributed by atoms with van der Waals surface area (Å²) < 4.78 is 29.7. The number of carbonyl (C=O) groups is 1. The zero-order valence-electron chi connectivity index (χ0n) is 12.2. The minimum absolute atomic E-state index is 0. The third kappa shape index (κ3) is 4.49. The number of ether oxygens (including phenoxy) is 1. The lowest BCUT2D eigenvalue weighted by atomic mass is 10.2. The van der Waals surface area contributed by atoms with Gasteiger partial charge in [-0.3, -0.25) is 4.79 Å². The average Bonchev–Trinajstić information content (AvgIpc) is 2.78. The number of nitrogen functional groups attached to an aromatic ring is 1. The number of hydrogen-bond acceptors (Lipinski definition) is 5. The largest absolute Gasteiger partial charge is 0.497 e. The molecule has 0 aromatic heterocycles. The van der Waals surface area contributed by atoms with E-state index in [4.69, 9.17) is 10.5 Å². The average molecular weight is 350 g/mol. The number of anilines is 2. The molecule has 1 aliphatic heterocycles. The van der Waals surface area contributed by atoms with Crippen LogP contribution in [0.5, 0.6) is 5.75 Å². The van der Waals surface area contributed by atoms with E-state index in [9.17, 15) is 13.2 Å². The van der Waals surface area contributed by atoms with E-state index in [0.29, 0.717) is 30.1 Å². The Morgan fingerprint density at radius 3 is 2.77 bits per heavy atom. The maximum absolute atomic E-state index is 11.9. The molecule has 124 valence electrons. The second-order valence-corrected chi connectivity index (χ2v) is 6.91. The molecule has 0 bridgehead atoms. The summed E-state index contributed by atoms with van der Waals surface area (Å²) in [5, 5.41) is 2.67. The van der Waals surface area contributed by atoms with E-state index in [0.717, 1.165) is 0 Å². The predicted molar refractivity (Wildman–Crippen MR) is 87.9 cm³/mol. The molecule has 0 unspecified atom stereocenters. The molecule has 1 saturated heterocycles. The van der Waals surface area contributed by atoms with Crippen LogP contribution in [0.1, 0.15) is 12.8 Å². The Morgan fingerprint density at radius 2 is 2.18 bits per heavy atom. The number of carbonyl (C=O) groups excluding carboxylic acids is 1. The maximum atomic E-state index is 11.9. The van der Waals surface area contributed by atoms with Crippen LogP contribution in [0.25, 0.3) is 0 Å². The molecule has 3 N–H and O–H groups in total. The summed E-state index contributed by atoms with van der Waals surface area (Å²) in [5.41, 5.74) is 6.67. The molecule has 1 heterocycles. The molecular weight excluding hydrogens is 330 g/mol. The van der Waals surface area contributed by atoms with Crippen molar-refractivity contribution < 1.29 is 17.9 Å². The normalized spacial score (nSPS) is 16.8. The molecule has 0 spiro atoms. The predicted octanol–water partition coefficient (Wildman–Crippen LogP) is 1.06. The van der Waals surface area contributed by atoms with E-state index in [-0.39, 0.29) is 37.0 Å². The summed E-state index contributed by atoms with van der Waals surface area (Å²) in [5.74, 6) is 0.468. The van der Waals surface area contributed by atoms with Crippen LogP contribution in [0, 0.1) is 0 Å². The van der Waals surface area contributed by atoms with E-state index in [1.807, 2.05) is 0 Å². The molecule has 1 aromatic rings. The molecule has 0 aliphatic carbocycles. The lowest BCUT2D eigenvalue weighted by Gasteiger charge is -2.14. The third-order valence-electron chi connectivity index (χ3n) is 3.33. The Morgan fingerprint density at radius 1 is 1.45 bits per heavy atom. The van der Waals surface area contributed by atoms with Crippen molar-refractivity contribution in [3.05, 3.63) is 18.2 Å². The third-order valence-corrected chi connectivity index (χ3v) is 5.28. The highest BCUT2D eigenvalue weighted by Crippen LogP contribution is 2.24. The Hall–Kier alpha value is -1.51. The second kappa shape index (κ2) is 7.66. The van der Waals surface area contributed by atoms with Crippen molar-refractivity contribution in [1.82, 2.24) is 4.31 Å². The zero-order valence-corrected chi connectivity index (χ0v) is 13.9. The van der Waals surface area contributed by atoms with Crippen molar-refractivity contribution in [2.24, 2.45) is 0 Å². The maximum Gasteiger partial charge on any atom is 0.225 e. The van der Waals surface area contributed by atoms with Crippen molar-refractivity contribution in [2.75, 3.05) is 37.0 Å². The molecule has 0 radical (unpaired) electrons. The number of nitrogens with two attached hydrogens (primary N) is 1. The molecule has 9 heteroatoms. The summed E-state index contributed by atoms with van der Waals surface area (Å²) >= 11 is 0. The first kappa shape index (κ1) is 18.5. The van der Waals surface area contributed by atoms with Crippen molar-refractivity contribution >= 4 is 39.7 Å². The van der Waals surface area contributed by atoms with Gasteiger partial charge in [-0.05, 0) is 18.6 Å². The first-order valence-corrected chi connectivity index (χ1v) is 8.24. The fourth-order valence-electron chi connectivity index (χ4n) is 2.15. The second-order valence-electron chi connectivity index (χ2n) is 4.82. The molecule has 1 amide bonds. The van der Waals surface area contributed by atoms with Crippen molar-refractivity contribution in [2.45, 2.75) is 12.8 Å². The van der Waals surface area contributed by atoms with Crippen LogP contribution in [0.4, 0.5) is 11.4 Å². The Kier molecular flexibility index (Phi) is 6.46. The number of benzene rings is 1. The fraction of sp³-hybridized carbons (Fsp3) is 0.462. The molecule has 1 aliphatic rings. The molecule has 1 aromatic carbocycles. The van der Waals surface area contributed by atoms with Crippen LogP contribution in [0.3, 0.4) is 0 Å². The Labute approximate surface area is 136 Å². The fourth-order valence-corrected chi connectivity index (χ4v) is 3.68. The van der Waals surface area contributed by atoms with E-state index < -0.39 is 10.0 Å². The number of rotatable bonds is 5. The SMILES string of the molecule is COc1ccc(N)c(NC(=O)CCN2CCCS2(=O)=O)c1.Cl. The van der Waals surface area contributed by atoms with Gasteiger partial charge in [0.25, 0.3) is 0 Å². The summed E-state index contributed by atoms with van der Waals surface area (Å²) in [7, 11) is -1.64. The van der Waals surface area contributed by atoms with Crippen LogP contribution in [-0.4, -0.2) is 44.6 Å². The van der Waals surface area contributed by atoms with Gasteiger partial charge in [0, 0.05) is 25.6 Å². The molecular formula is C13H20ClN3O4S. The highest BCUT2D eigenvalue weighted by atomic mass is 35.5. The van der Waals surface area contributed by atoms with Gasteiger partial charge in [0.2, 0.25) is 15.9 Å². The first-order chi connectivity index (χ1) is 9.92. The van der Waals surface area contributed by atoms with Gasteiger partial charge in [0.05, 0.1) is 24.2 Å². The first-order valence-electron chi connectivity index (χ1n) is 6.63. The monoisotopic (exact) mass is 349 g/mol. The number of hydrogen-bond donors (Lipinski definition) is 2. The van der Waals surface area contributed by atoms with Gasteiger partial charge in [-0.25, -0.2) is 12.7 Å². The van der Waals surface area contributed by atoms with Gasteiger partial charge in [0.15, 0.2) is 0 Å². The van der Waals surface area contributed by atoms with Gasteiger partial charge in [0.1, 0.15) is 5.75 Å². The van der Waals surface area contributed by atoms with Gasteiger partial charge >= 0.3 is 0 Å². The number of methoxy groups -OCH3 is 1. The quantitative estimate of drug-likeness (QED) is 0.774. The van der Waals surface area contributed by atoms with Crippen LogP contribution in [0.15, 0.2) is 18.2 Å². The van der Waals surface area contributed by atoms with Gasteiger partial charge in [-0.2, -0.15) is 0 Å². The minimum Gasteiger partial charge on any atom is -0.497 e. The molecule has 2 rings (SSSR count). The standard InChI is InChI=1S/C13H19N3O4S.ClH/c1-20-10-3-4-11(14)12(9-10)15-13(17)5-7-16-6-2-8-21(16,18)19;/h3-4,9H,2,5-8,14H2,1H3,(H,15,17);1H. The van der Waals surface area contributed by atoms with E-state index in [2.05, 4.69) is 5.32 Å². The van der Waals surface area contributed by atoms with Crippen LogP contribution >= 0.6 is 12.4 Å².